The number of nitrogens with zero attached hydrogens (tertiary/aromatic N) is 3. The number of alkyl halides is 3. The molecule has 4 aromatic rings. The molecule has 0 aliphatic heterocycles. The highest BCUT2D eigenvalue weighted by atomic mass is 32.2. The Morgan fingerprint density at radius 1 is 1.15 bits per heavy atom. The lowest BCUT2D eigenvalue weighted by Gasteiger charge is -2.10. The van der Waals surface area contributed by atoms with Crippen LogP contribution >= 0.6 is 11.8 Å². The van der Waals surface area contributed by atoms with Crippen LogP contribution in [0.1, 0.15) is 0 Å². The number of nitrogens with one attached hydrogen (secondary N) is 2. The maximum absolute atomic E-state index is 12.4. The standard InChI is InChI=1S/C22H20F3N5O3S/c1-32-11-10-30-20(17-12-26-18-5-3-2-4-16(17)18)28-29-21(30)34-13-19(31)27-14-6-8-15(9-7-14)33-22(23,24)25/h2-9,12,26H,10-11,13H2,1H3,(H,27,31). The van der Waals surface area contributed by atoms with Gasteiger partial charge in [0, 0.05) is 35.5 Å². The van der Waals surface area contributed by atoms with E-state index >= 15 is 0 Å². The molecule has 12 heteroatoms. The van der Waals surface area contributed by atoms with Crippen molar-refractivity contribution >= 4 is 34.3 Å². The van der Waals surface area contributed by atoms with Gasteiger partial charge in [0.15, 0.2) is 11.0 Å². The largest absolute Gasteiger partial charge is 0.573 e. The summed E-state index contributed by atoms with van der Waals surface area (Å²) in [5.74, 6) is -0.0298. The number of fused-ring (bicyclic) bond motifs is 1. The molecule has 178 valence electrons. The zero-order valence-corrected chi connectivity index (χ0v) is 18.7. The summed E-state index contributed by atoms with van der Waals surface area (Å²) in [5.41, 5.74) is 2.20. The van der Waals surface area contributed by atoms with Crippen molar-refractivity contribution in [2.75, 3.05) is 24.8 Å². The summed E-state index contributed by atoms with van der Waals surface area (Å²) in [5, 5.41) is 12.8. The number of carbonyl (C=O) groups is 1. The van der Waals surface area contributed by atoms with Crippen LogP contribution in [0.25, 0.3) is 22.3 Å². The third-order valence-corrected chi connectivity index (χ3v) is 5.74. The van der Waals surface area contributed by atoms with Crippen LogP contribution in [0, 0.1) is 0 Å². The number of thioether (sulfide) groups is 1. The molecule has 2 aromatic heterocycles. The molecule has 0 bridgehead atoms. The van der Waals surface area contributed by atoms with Gasteiger partial charge in [-0.25, -0.2) is 0 Å². The van der Waals surface area contributed by atoms with Gasteiger partial charge in [-0.1, -0.05) is 30.0 Å². The van der Waals surface area contributed by atoms with E-state index in [4.69, 9.17) is 4.74 Å². The van der Waals surface area contributed by atoms with Crippen molar-refractivity contribution in [2.24, 2.45) is 0 Å². The van der Waals surface area contributed by atoms with Gasteiger partial charge in [-0.05, 0) is 30.3 Å². The number of aromatic nitrogens is 4. The molecule has 0 aliphatic rings. The molecular weight excluding hydrogens is 471 g/mol. The number of anilines is 1. The zero-order valence-electron chi connectivity index (χ0n) is 17.9. The molecule has 0 unspecified atom stereocenters. The predicted molar refractivity (Wildman–Crippen MR) is 122 cm³/mol. The second-order valence-corrected chi connectivity index (χ2v) is 8.05. The topological polar surface area (TPSA) is 94.1 Å². The van der Waals surface area contributed by atoms with Crippen LogP contribution in [0.2, 0.25) is 0 Å². The number of H-pyrrole nitrogens is 1. The van der Waals surface area contributed by atoms with Gasteiger partial charge in [-0.15, -0.1) is 23.4 Å². The number of hydrogen-bond acceptors (Lipinski definition) is 6. The average Bonchev–Trinajstić information content (AvgIpc) is 3.40. The highest BCUT2D eigenvalue weighted by Gasteiger charge is 2.31. The van der Waals surface area contributed by atoms with E-state index in [9.17, 15) is 18.0 Å². The molecule has 2 heterocycles. The Kier molecular flexibility index (Phi) is 7.08. The molecule has 2 aromatic carbocycles. The first-order valence-electron chi connectivity index (χ1n) is 10.1. The molecule has 0 aliphatic carbocycles. The number of hydrogen-bond donors (Lipinski definition) is 2. The number of aromatic amines is 1. The number of amides is 1. The minimum absolute atomic E-state index is 0.0276. The second-order valence-electron chi connectivity index (χ2n) is 7.11. The molecule has 8 nitrogen and oxygen atoms in total. The van der Waals surface area contributed by atoms with Crippen LogP contribution in [0.3, 0.4) is 0 Å². The molecule has 4 rings (SSSR count). The lowest BCUT2D eigenvalue weighted by Crippen LogP contribution is -2.17. The first-order chi connectivity index (χ1) is 16.3. The summed E-state index contributed by atoms with van der Waals surface area (Å²) < 4.78 is 47.8. The maximum atomic E-state index is 12.4. The van der Waals surface area contributed by atoms with Gasteiger partial charge in [0.1, 0.15) is 5.75 Å². The molecule has 0 fully saturated rings. The molecule has 1 amide bonds. The molecule has 0 spiro atoms. The van der Waals surface area contributed by atoms with E-state index < -0.39 is 6.36 Å². The molecule has 0 radical (unpaired) electrons. The zero-order chi connectivity index (χ0) is 24.1. The van der Waals surface area contributed by atoms with E-state index in [1.54, 1.807) is 7.11 Å². The lowest BCUT2D eigenvalue weighted by atomic mass is 10.1. The molecular formula is C22H20F3N5O3S. The van der Waals surface area contributed by atoms with Gasteiger partial charge < -0.3 is 19.8 Å². The van der Waals surface area contributed by atoms with Crippen molar-refractivity contribution in [3.8, 4) is 17.1 Å². The van der Waals surface area contributed by atoms with Crippen LogP contribution < -0.4 is 10.1 Å². The molecule has 0 saturated carbocycles. The Hall–Kier alpha value is -3.51. The minimum Gasteiger partial charge on any atom is -0.406 e. The first-order valence-corrected chi connectivity index (χ1v) is 11.1. The number of carbonyl (C=O) groups excluding carboxylic acids is 1. The Bertz CT molecular complexity index is 1270. The van der Waals surface area contributed by atoms with Crippen molar-refractivity contribution in [2.45, 2.75) is 18.1 Å². The minimum atomic E-state index is -4.77. The third kappa shape index (κ3) is 5.69. The summed E-state index contributed by atoms with van der Waals surface area (Å²) >= 11 is 1.20. The number of para-hydroxylation sites is 1. The van der Waals surface area contributed by atoms with Crippen molar-refractivity contribution in [1.82, 2.24) is 19.7 Å². The molecule has 2 N–H and O–H groups in total. The average molecular weight is 491 g/mol. The van der Waals surface area contributed by atoms with Crippen LogP contribution in [0.5, 0.6) is 5.75 Å². The third-order valence-electron chi connectivity index (χ3n) is 4.77. The fourth-order valence-corrected chi connectivity index (χ4v) is 4.07. The Morgan fingerprint density at radius 2 is 1.91 bits per heavy atom. The maximum Gasteiger partial charge on any atom is 0.573 e. The van der Waals surface area contributed by atoms with Gasteiger partial charge in [-0.2, -0.15) is 0 Å². The number of ether oxygens (including phenoxy) is 2. The van der Waals surface area contributed by atoms with Gasteiger partial charge >= 0.3 is 6.36 Å². The quantitative estimate of drug-likeness (QED) is 0.330. The van der Waals surface area contributed by atoms with Crippen LogP contribution in [-0.2, 0) is 16.1 Å². The smallest absolute Gasteiger partial charge is 0.406 e. The highest BCUT2D eigenvalue weighted by molar-refractivity contribution is 7.99. The highest BCUT2D eigenvalue weighted by Crippen LogP contribution is 2.30. The summed E-state index contributed by atoms with van der Waals surface area (Å²) in [6, 6.07) is 12.8. The first kappa shape index (κ1) is 23.6. The molecule has 0 saturated heterocycles. The summed E-state index contributed by atoms with van der Waals surface area (Å²) in [7, 11) is 1.60. The number of halogens is 3. The van der Waals surface area contributed by atoms with Crippen molar-refractivity contribution in [1.29, 1.82) is 0 Å². The lowest BCUT2D eigenvalue weighted by molar-refractivity contribution is -0.274. The van der Waals surface area contributed by atoms with Gasteiger partial charge in [0.25, 0.3) is 0 Å². The van der Waals surface area contributed by atoms with E-state index in [0.29, 0.717) is 29.8 Å². The predicted octanol–water partition coefficient (Wildman–Crippen LogP) is 4.70. The van der Waals surface area contributed by atoms with E-state index in [1.807, 2.05) is 35.0 Å². The number of rotatable bonds is 9. The summed E-state index contributed by atoms with van der Waals surface area (Å²) in [6.45, 7) is 0.919. The molecule has 34 heavy (non-hydrogen) atoms. The van der Waals surface area contributed by atoms with Gasteiger partial charge in [0.2, 0.25) is 5.91 Å². The summed E-state index contributed by atoms with van der Waals surface area (Å²) in [4.78, 5) is 15.6. The fraction of sp³-hybridized carbons (Fsp3) is 0.227. The van der Waals surface area contributed by atoms with Crippen LogP contribution in [0.4, 0.5) is 18.9 Å². The van der Waals surface area contributed by atoms with Crippen LogP contribution in [0.15, 0.2) is 59.9 Å². The van der Waals surface area contributed by atoms with Crippen molar-refractivity contribution in [3.05, 3.63) is 54.7 Å². The monoisotopic (exact) mass is 491 g/mol. The van der Waals surface area contributed by atoms with E-state index in [0.717, 1.165) is 28.6 Å². The number of methoxy groups -OCH3 is 1. The van der Waals surface area contributed by atoms with Crippen LogP contribution in [-0.4, -0.2) is 51.5 Å². The normalized spacial score (nSPS) is 11.6. The van der Waals surface area contributed by atoms with E-state index in [1.165, 1.54) is 23.9 Å². The Morgan fingerprint density at radius 3 is 2.65 bits per heavy atom. The van der Waals surface area contributed by atoms with Gasteiger partial charge in [0.05, 0.1) is 18.9 Å². The summed E-state index contributed by atoms with van der Waals surface area (Å²) in [6.07, 6.45) is -2.91. The van der Waals surface area contributed by atoms with Crippen molar-refractivity contribution < 1.29 is 27.4 Å². The SMILES string of the molecule is COCCn1c(SCC(=O)Nc2ccc(OC(F)(F)F)cc2)nnc1-c1c[nH]c2ccccc12. The second kappa shape index (κ2) is 10.2. The Balaban J connectivity index is 1.45. The number of benzene rings is 2. The van der Waals surface area contributed by atoms with E-state index in [-0.39, 0.29) is 17.4 Å². The van der Waals surface area contributed by atoms with Gasteiger partial charge in [-0.3, -0.25) is 9.36 Å². The van der Waals surface area contributed by atoms with Crippen molar-refractivity contribution in [3.63, 3.8) is 0 Å². The Labute approximate surface area is 196 Å². The molecule has 0 atom stereocenters. The fourth-order valence-electron chi connectivity index (χ4n) is 3.30. The van der Waals surface area contributed by atoms with E-state index in [2.05, 4.69) is 25.2 Å².